The van der Waals surface area contributed by atoms with Crippen LogP contribution in [-0.4, -0.2) is 25.0 Å². The Morgan fingerprint density at radius 1 is 1.12 bits per heavy atom. The molecule has 1 atom stereocenters. The smallest absolute Gasteiger partial charge is 0.328 e. The fraction of sp³-hybridized carbons (Fsp3) is 0.222. The fourth-order valence-electron chi connectivity index (χ4n) is 2.32. The maximum Gasteiger partial charge on any atom is 0.328 e. The van der Waals surface area contributed by atoms with Crippen molar-refractivity contribution in [1.82, 2.24) is 5.32 Å². The molecule has 0 aliphatic carbocycles. The number of hydrogen-bond donors (Lipinski definition) is 1. The SMILES string of the molecule is COC(=O)[C@H](Cc1cccc(I)c1)NC(=O)Cc1ccc(F)c(F)c1. The maximum absolute atomic E-state index is 13.2. The van der Waals surface area contributed by atoms with Gasteiger partial charge in [0.05, 0.1) is 13.5 Å². The van der Waals surface area contributed by atoms with E-state index >= 15 is 0 Å². The third-order valence-electron chi connectivity index (χ3n) is 3.50. The highest BCUT2D eigenvalue weighted by Gasteiger charge is 2.22. The van der Waals surface area contributed by atoms with Crippen LogP contribution < -0.4 is 5.32 Å². The zero-order chi connectivity index (χ0) is 18.4. The van der Waals surface area contributed by atoms with E-state index in [1.807, 2.05) is 24.3 Å². The molecule has 0 aromatic heterocycles. The molecule has 2 aromatic rings. The molecule has 4 nitrogen and oxygen atoms in total. The first kappa shape index (κ1) is 19.3. The molecule has 1 amide bonds. The van der Waals surface area contributed by atoms with Crippen LogP contribution in [0.15, 0.2) is 42.5 Å². The predicted molar refractivity (Wildman–Crippen MR) is 96.9 cm³/mol. The molecular weight excluding hydrogens is 443 g/mol. The zero-order valence-electron chi connectivity index (χ0n) is 13.4. The first-order chi connectivity index (χ1) is 11.9. The van der Waals surface area contributed by atoms with Gasteiger partial charge in [-0.2, -0.15) is 0 Å². The van der Waals surface area contributed by atoms with Gasteiger partial charge >= 0.3 is 5.97 Å². The summed E-state index contributed by atoms with van der Waals surface area (Å²) in [6.45, 7) is 0. The number of esters is 1. The molecule has 0 aliphatic heterocycles. The third kappa shape index (κ3) is 5.77. The van der Waals surface area contributed by atoms with Gasteiger partial charge in [-0.05, 0) is 58.0 Å². The van der Waals surface area contributed by atoms with Gasteiger partial charge in [0.1, 0.15) is 6.04 Å². The highest BCUT2D eigenvalue weighted by Crippen LogP contribution is 2.12. The number of methoxy groups -OCH3 is 1. The first-order valence-electron chi connectivity index (χ1n) is 7.44. The molecule has 0 radical (unpaired) electrons. The van der Waals surface area contributed by atoms with E-state index in [4.69, 9.17) is 4.74 Å². The minimum Gasteiger partial charge on any atom is -0.467 e. The summed E-state index contributed by atoms with van der Waals surface area (Å²) in [5, 5.41) is 2.59. The molecule has 2 aromatic carbocycles. The normalized spacial score (nSPS) is 11.7. The van der Waals surface area contributed by atoms with Crippen molar-refractivity contribution < 1.29 is 23.1 Å². The summed E-state index contributed by atoms with van der Waals surface area (Å²) in [5.41, 5.74) is 1.18. The van der Waals surface area contributed by atoms with Gasteiger partial charge in [-0.25, -0.2) is 13.6 Å². The van der Waals surface area contributed by atoms with E-state index in [1.165, 1.54) is 13.2 Å². The van der Waals surface area contributed by atoms with Gasteiger partial charge in [0.2, 0.25) is 5.91 Å². The number of benzene rings is 2. The summed E-state index contributed by atoms with van der Waals surface area (Å²) in [5.74, 6) is -3.05. The molecule has 0 fully saturated rings. The van der Waals surface area contributed by atoms with Gasteiger partial charge in [-0.15, -0.1) is 0 Å². The Morgan fingerprint density at radius 3 is 2.52 bits per heavy atom. The second-order valence-electron chi connectivity index (χ2n) is 5.40. The van der Waals surface area contributed by atoms with Gasteiger partial charge in [0.25, 0.3) is 0 Å². The van der Waals surface area contributed by atoms with Crippen molar-refractivity contribution in [3.63, 3.8) is 0 Å². The minimum atomic E-state index is -1.02. The van der Waals surface area contributed by atoms with Gasteiger partial charge < -0.3 is 10.1 Å². The number of halogens is 3. The summed E-state index contributed by atoms with van der Waals surface area (Å²) < 4.78 is 31.9. The molecule has 0 spiro atoms. The molecule has 0 bridgehead atoms. The molecule has 0 saturated heterocycles. The van der Waals surface area contributed by atoms with E-state index < -0.39 is 29.6 Å². The largest absolute Gasteiger partial charge is 0.467 e. The Kier molecular flexibility index (Phi) is 6.86. The van der Waals surface area contributed by atoms with Crippen LogP contribution >= 0.6 is 22.6 Å². The second-order valence-corrected chi connectivity index (χ2v) is 6.65. The van der Waals surface area contributed by atoms with E-state index in [0.29, 0.717) is 5.56 Å². The Bertz CT molecular complexity index is 783. The third-order valence-corrected chi connectivity index (χ3v) is 4.17. The zero-order valence-corrected chi connectivity index (χ0v) is 15.5. The number of ether oxygens (including phenoxy) is 1. The molecule has 0 heterocycles. The van der Waals surface area contributed by atoms with Gasteiger partial charge in [-0.1, -0.05) is 18.2 Å². The van der Waals surface area contributed by atoms with Crippen LogP contribution in [0.2, 0.25) is 0 Å². The number of hydrogen-bond acceptors (Lipinski definition) is 3. The maximum atomic E-state index is 13.2. The number of amides is 1. The van der Waals surface area contributed by atoms with Crippen LogP contribution in [-0.2, 0) is 27.2 Å². The molecule has 1 N–H and O–H groups in total. The minimum absolute atomic E-state index is 0.170. The lowest BCUT2D eigenvalue weighted by Gasteiger charge is -2.17. The van der Waals surface area contributed by atoms with E-state index in [1.54, 1.807) is 0 Å². The summed E-state index contributed by atoms with van der Waals surface area (Å²) in [7, 11) is 1.24. The van der Waals surface area contributed by atoms with Crippen molar-refractivity contribution >= 4 is 34.5 Å². The Labute approximate surface area is 157 Å². The number of nitrogens with one attached hydrogen (secondary N) is 1. The van der Waals surface area contributed by atoms with E-state index in [0.717, 1.165) is 21.3 Å². The lowest BCUT2D eigenvalue weighted by Crippen LogP contribution is -2.43. The van der Waals surface area contributed by atoms with Crippen molar-refractivity contribution in [3.05, 3.63) is 68.8 Å². The van der Waals surface area contributed by atoms with Crippen LogP contribution in [0, 0.1) is 15.2 Å². The molecule has 7 heteroatoms. The summed E-state index contributed by atoms with van der Waals surface area (Å²) >= 11 is 2.16. The van der Waals surface area contributed by atoms with Gasteiger partial charge in [0.15, 0.2) is 11.6 Å². The Morgan fingerprint density at radius 2 is 1.88 bits per heavy atom. The Hall–Kier alpha value is -2.03. The van der Waals surface area contributed by atoms with Crippen molar-refractivity contribution in [2.24, 2.45) is 0 Å². The van der Waals surface area contributed by atoms with E-state index in [9.17, 15) is 18.4 Å². The van der Waals surface area contributed by atoms with Crippen LogP contribution in [0.3, 0.4) is 0 Å². The molecule has 0 unspecified atom stereocenters. The topological polar surface area (TPSA) is 55.4 Å². The lowest BCUT2D eigenvalue weighted by atomic mass is 10.1. The predicted octanol–water partition coefficient (Wildman–Crippen LogP) is 3.01. The van der Waals surface area contributed by atoms with Crippen molar-refractivity contribution in [2.75, 3.05) is 7.11 Å². The van der Waals surface area contributed by atoms with Crippen LogP contribution in [0.4, 0.5) is 8.78 Å². The highest BCUT2D eigenvalue weighted by atomic mass is 127. The molecule has 25 heavy (non-hydrogen) atoms. The monoisotopic (exact) mass is 459 g/mol. The summed E-state index contributed by atoms with van der Waals surface area (Å²) in [6.07, 6.45) is 0.101. The summed E-state index contributed by atoms with van der Waals surface area (Å²) in [4.78, 5) is 24.1. The standard InChI is InChI=1S/C18H16F2INO3/c1-25-18(24)16(9-11-3-2-4-13(21)7-11)22-17(23)10-12-5-6-14(19)15(20)8-12/h2-8,16H,9-10H2,1H3,(H,22,23)/t16-/m0/s1. The molecule has 0 saturated carbocycles. The van der Waals surface area contributed by atoms with Crippen LogP contribution in [0.1, 0.15) is 11.1 Å². The molecular formula is C18H16F2INO3. The van der Waals surface area contributed by atoms with Gasteiger partial charge in [0, 0.05) is 9.99 Å². The lowest BCUT2D eigenvalue weighted by molar-refractivity contribution is -0.145. The van der Waals surface area contributed by atoms with E-state index in [-0.39, 0.29) is 12.8 Å². The first-order valence-corrected chi connectivity index (χ1v) is 8.52. The van der Waals surface area contributed by atoms with Gasteiger partial charge in [-0.3, -0.25) is 4.79 Å². The Balaban J connectivity index is 2.06. The van der Waals surface area contributed by atoms with Crippen molar-refractivity contribution in [3.8, 4) is 0 Å². The molecule has 132 valence electrons. The molecule has 0 aliphatic rings. The highest BCUT2D eigenvalue weighted by molar-refractivity contribution is 14.1. The van der Waals surface area contributed by atoms with E-state index in [2.05, 4.69) is 27.9 Å². The average Bonchev–Trinajstić information content (AvgIpc) is 2.57. The summed E-state index contributed by atoms with van der Waals surface area (Å²) in [6, 6.07) is 9.90. The van der Waals surface area contributed by atoms with Crippen LogP contribution in [0.5, 0.6) is 0 Å². The van der Waals surface area contributed by atoms with Crippen LogP contribution in [0.25, 0.3) is 0 Å². The second kappa shape index (κ2) is 8.89. The van der Waals surface area contributed by atoms with Crippen molar-refractivity contribution in [1.29, 1.82) is 0 Å². The van der Waals surface area contributed by atoms with Crippen molar-refractivity contribution in [2.45, 2.75) is 18.9 Å². The number of carbonyl (C=O) groups is 2. The fourth-order valence-corrected chi connectivity index (χ4v) is 2.92. The quantitative estimate of drug-likeness (QED) is 0.534. The number of rotatable bonds is 6. The average molecular weight is 459 g/mol. The number of carbonyl (C=O) groups excluding carboxylic acids is 2. The molecule has 2 rings (SSSR count).